The van der Waals surface area contributed by atoms with E-state index >= 15 is 8.78 Å². The van der Waals surface area contributed by atoms with E-state index in [0.717, 1.165) is 11.6 Å². The summed E-state index contributed by atoms with van der Waals surface area (Å²) in [6.07, 6.45) is -6.32. The summed E-state index contributed by atoms with van der Waals surface area (Å²) in [5.74, 6) is -6.94. The van der Waals surface area contributed by atoms with E-state index in [0.29, 0.717) is 18.5 Å². The molecule has 13 heteroatoms. The predicted octanol–water partition coefficient (Wildman–Crippen LogP) is -1.52. The molecule has 11 nitrogen and oxygen atoms in total. The number of carbonyl (C=O) groups excluding carboxylic acids is 1. The third-order valence-corrected chi connectivity index (χ3v) is 4.63. The summed E-state index contributed by atoms with van der Waals surface area (Å²) in [6.45, 7) is 1.94. The van der Waals surface area contributed by atoms with Gasteiger partial charge in [-0.3, -0.25) is 4.79 Å². The fourth-order valence-corrected chi connectivity index (χ4v) is 3.24. The maximum Gasteiger partial charge on any atom is 0.372 e. The van der Waals surface area contributed by atoms with Gasteiger partial charge in [-0.25, -0.2) is 13.9 Å². The Hall–Kier alpha value is -2.22. The van der Waals surface area contributed by atoms with Gasteiger partial charge < -0.3 is 30.5 Å². The lowest BCUT2D eigenvalue weighted by molar-refractivity contribution is -0.283. The van der Waals surface area contributed by atoms with Crippen LogP contribution in [0.25, 0.3) is 0 Å². The number of aromatic nitrogens is 3. The first-order chi connectivity index (χ1) is 13.6. The number of nitrogens with zero attached hydrogens (tertiary/aromatic N) is 3. The second-order valence-corrected chi connectivity index (χ2v) is 6.83. The van der Waals surface area contributed by atoms with E-state index in [1.807, 2.05) is 6.92 Å². The zero-order valence-corrected chi connectivity index (χ0v) is 15.8. The fraction of sp³-hybridized carbons (Fsp3) is 0.750. The average molecular weight is 422 g/mol. The van der Waals surface area contributed by atoms with E-state index in [1.54, 1.807) is 0 Å². The minimum atomic E-state index is -3.92. The van der Waals surface area contributed by atoms with E-state index in [2.05, 4.69) is 15.6 Å². The number of carboxylic acid groups (broad SMARTS) is 1. The van der Waals surface area contributed by atoms with Gasteiger partial charge >= 0.3 is 11.8 Å². The Bertz CT molecular complexity index is 736. The van der Waals surface area contributed by atoms with Crippen LogP contribution in [0.3, 0.4) is 0 Å². The third-order valence-electron chi connectivity index (χ3n) is 4.63. The summed E-state index contributed by atoms with van der Waals surface area (Å²) >= 11 is 0. The molecule has 1 aromatic heterocycles. The van der Waals surface area contributed by atoms with Crippen LogP contribution in [0.1, 0.15) is 32.0 Å². The summed E-state index contributed by atoms with van der Waals surface area (Å²) in [5, 5.41) is 48.1. The molecule has 0 saturated carbocycles. The molecule has 2 rings (SSSR count). The molecular weight excluding hydrogens is 398 g/mol. The average Bonchev–Trinajstić information content (AvgIpc) is 3.11. The molecule has 2 heterocycles. The minimum absolute atomic E-state index is 0.417. The Morgan fingerprint density at radius 3 is 2.62 bits per heavy atom. The first-order valence-corrected chi connectivity index (χ1v) is 8.95. The van der Waals surface area contributed by atoms with Gasteiger partial charge in [0, 0.05) is 13.1 Å². The van der Waals surface area contributed by atoms with Crippen LogP contribution < -0.4 is 5.32 Å². The van der Waals surface area contributed by atoms with Crippen molar-refractivity contribution in [1.29, 1.82) is 0 Å². The SMILES string of the molecule is CCCc1cn([C@H]2C(F)C(F)(C(=O)O)O[C@@H]([C@H](O)[C@H](O)CO)[C@@H]2NC(C)=O)nn1. The number of rotatable bonds is 8. The number of aliphatic hydroxyl groups is 3. The van der Waals surface area contributed by atoms with Crippen molar-refractivity contribution in [2.24, 2.45) is 0 Å². The number of alkyl halides is 2. The number of amides is 1. The first-order valence-electron chi connectivity index (χ1n) is 8.95. The van der Waals surface area contributed by atoms with Gasteiger partial charge in [0.05, 0.1) is 18.3 Å². The molecule has 29 heavy (non-hydrogen) atoms. The van der Waals surface area contributed by atoms with Crippen LogP contribution in [0.4, 0.5) is 8.78 Å². The molecule has 0 radical (unpaired) electrons. The second kappa shape index (κ2) is 9.07. The number of carbonyl (C=O) groups is 2. The van der Waals surface area contributed by atoms with Gasteiger partial charge in [-0.1, -0.05) is 18.6 Å². The smallest absolute Gasteiger partial charge is 0.372 e. The van der Waals surface area contributed by atoms with Crippen molar-refractivity contribution in [3.63, 3.8) is 0 Å². The molecule has 1 aliphatic rings. The van der Waals surface area contributed by atoms with Crippen molar-refractivity contribution in [2.75, 3.05) is 6.61 Å². The third kappa shape index (κ3) is 4.52. The topological polar surface area (TPSA) is 167 Å². The monoisotopic (exact) mass is 422 g/mol. The molecule has 7 atom stereocenters. The van der Waals surface area contributed by atoms with Gasteiger partial charge in [-0.2, -0.15) is 4.39 Å². The normalized spacial score (nSPS) is 31.8. The lowest BCUT2D eigenvalue weighted by atomic mass is 9.86. The maximum atomic E-state index is 15.1. The van der Waals surface area contributed by atoms with Crippen LogP contribution in [0, 0.1) is 0 Å². The van der Waals surface area contributed by atoms with Crippen LogP contribution in [-0.2, 0) is 20.7 Å². The lowest BCUT2D eigenvalue weighted by Crippen LogP contribution is -2.69. The molecule has 2 unspecified atom stereocenters. The van der Waals surface area contributed by atoms with E-state index in [4.69, 9.17) is 9.84 Å². The Balaban J connectivity index is 2.58. The highest BCUT2D eigenvalue weighted by molar-refractivity contribution is 5.77. The van der Waals surface area contributed by atoms with E-state index in [1.165, 1.54) is 6.20 Å². The Labute approximate surface area is 164 Å². The number of carboxylic acids is 1. The molecule has 1 aliphatic heterocycles. The number of hydrogen-bond donors (Lipinski definition) is 5. The van der Waals surface area contributed by atoms with Crippen molar-refractivity contribution in [2.45, 2.75) is 69.1 Å². The zero-order valence-electron chi connectivity index (χ0n) is 15.8. The van der Waals surface area contributed by atoms with Crippen molar-refractivity contribution in [1.82, 2.24) is 20.3 Å². The first kappa shape index (κ1) is 23.1. The molecule has 5 N–H and O–H groups in total. The number of nitrogens with one attached hydrogen (secondary N) is 1. The molecular formula is C16H24F2N4O7. The second-order valence-electron chi connectivity index (χ2n) is 6.83. The molecule has 1 aromatic rings. The number of aliphatic hydroxyl groups excluding tert-OH is 3. The van der Waals surface area contributed by atoms with Crippen molar-refractivity contribution < 1.29 is 43.5 Å². The van der Waals surface area contributed by atoms with Crippen molar-refractivity contribution in [3.8, 4) is 0 Å². The van der Waals surface area contributed by atoms with Gasteiger partial charge in [0.15, 0.2) is 6.17 Å². The van der Waals surface area contributed by atoms with Gasteiger partial charge in [0.25, 0.3) is 0 Å². The summed E-state index contributed by atoms with van der Waals surface area (Å²) in [6, 6.07) is -3.32. The van der Waals surface area contributed by atoms with Gasteiger partial charge in [0.2, 0.25) is 5.91 Å². The summed E-state index contributed by atoms with van der Waals surface area (Å²) in [5.41, 5.74) is 0.417. The Kier molecular flexibility index (Phi) is 7.21. The van der Waals surface area contributed by atoms with E-state index in [9.17, 15) is 24.9 Å². The zero-order chi connectivity index (χ0) is 21.9. The lowest BCUT2D eigenvalue weighted by Gasteiger charge is -2.46. The van der Waals surface area contributed by atoms with Crippen LogP contribution >= 0.6 is 0 Å². The summed E-state index contributed by atoms with van der Waals surface area (Å²) in [7, 11) is 0. The number of ether oxygens (including phenoxy) is 1. The maximum absolute atomic E-state index is 15.1. The van der Waals surface area contributed by atoms with E-state index in [-0.39, 0.29) is 0 Å². The standard InChI is InChI=1S/C16H24F2N4O7/c1-3-4-8-5-22(21-20-8)11-10(19-7(2)24)13(12(26)9(25)6-23)29-16(18,14(11)17)15(27)28/h5,9-14,23,25-26H,3-4,6H2,1-2H3,(H,19,24)(H,27,28)/t9-,10-,11-,12-,13-,14?,16?/m1/s1. The Morgan fingerprint density at radius 2 is 2.10 bits per heavy atom. The van der Waals surface area contributed by atoms with Crippen LogP contribution in [0.5, 0.6) is 0 Å². The summed E-state index contributed by atoms with van der Waals surface area (Å²) in [4.78, 5) is 23.1. The molecule has 1 amide bonds. The van der Waals surface area contributed by atoms with Gasteiger partial charge in [-0.15, -0.1) is 5.10 Å². The van der Waals surface area contributed by atoms with Gasteiger partial charge in [0.1, 0.15) is 24.4 Å². The number of aryl methyl sites for hydroxylation is 1. The van der Waals surface area contributed by atoms with Crippen LogP contribution in [-0.4, -0.2) is 90.3 Å². The highest BCUT2D eigenvalue weighted by Crippen LogP contribution is 2.41. The van der Waals surface area contributed by atoms with E-state index < -0.39 is 60.9 Å². The quantitative estimate of drug-likeness (QED) is 0.334. The molecule has 0 aromatic carbocycles. The molecule has 0 bridgehead atoms. The largest absolute Gasteiger partial charge is 0.477 e. The van der Waals surface area contributed by atoms with Crippen LogP contribution in [0.15, 0.2) is 6.20 Å². The molecule has 0 spiro atoms. The molecule has 1 fully saturated rings. The molecule has 164 valence electrons. The van der Waals surface area contributed by atoms with Crippen LogP contribution in [0.2, 0.25) is 0 Å². The molecule has 0 aliphatic carbocycles. The van der Waals surface area contributed by atoms with Crippen molar-refractivity contribution >= 4 is 11.9 Å². The fourth-order valence-electron chi connectivity index (χ4n) is 3.24. The Morgan fingerprint density at radius 1 is 1.45 bits per heavy atom. The highest BCUT2D eigenvalue weighted by atomic mass is 19.2. The van der Waals surface area contributed by atoms with Gasteiger partial charge in [-0.05, 0) is 6.42 Å². The number of hydrogen-bond acceptors (Lipinski definition) is 8. The summed E-state index contributed by atoms with van der Waals surface area (Å²) < 4.78 is 35.8. The highest BCUT2D eigenvalue weighted by Gasteiger charge is 2.64. The number of aliphatic carboxylic acids is 1. The van der Waals surface area contributed by atoms with Crippen molar-refractivity contribution in [3.05, 3.63) is 11.9 Å². The molecule has 1 saturated heterocycles. The predicted molar refractivity (Wildman–Crippen MR) is 91.0 cm³/mol. The number of halogens is 2. The minimum Gasteiger partial charge on any atom is -0.477 e.